The molecule has 10 heteroatoms. The van der Waals surface area contributed by atoms with Crippen molar-refractivity contribution in [3.8, 4) is 0 Å². The molecule has 0 spiro atoms. The summed E-state index contributed by atoms with van der Waals surface area (Å²) < 4.78 is 40.9. The van der Waals surface area contributed by atoms with Gasteiger partial charge in [0, 0.05) is 17.2 Å². The monoisotopic (exact) mass is 459 g/mol. The van der Waals surface area contributed by atoms with Crippen LogP contribution in [0.2, 0.25) is 0 Å². The number of benzene rings is 2. The Morgan fingerprint density at radius 2 is 1.82 bits per heavy atom. The van der Waals surface area contributed by atoms with Crippen LogP contribution in [0.1, 0.15) is 58.0 Å². The minimum atomic E-state index is -4.59. The molecule has 0 unspecified atom stereocenters. The number of carbonyl (C=O) groups excluding carboxylic acids is 2. The van der Waals surface area contributed by atoms with E-state index >= 15 is 0 Å². The summed E-state index contributed by atoms with van der Waals surface area (Å²) >= 11 is 0. The number of nitrogens with one attached hydrogen (secondary N) is 1. The van der Waals surface area contributed by atoms with Gasteiger partial charge < -0.3 is 9.67 Å². The van der Waals surface area contributed by atoms with Gasteiger partial charge in [-0.2, -0.15) is 13.2 Å². The number of halogens is 3. The highest BCUT2D eigenvalue weighted by Crippen LogP contribution is 2.37. The standard InChI is InChI=1S/C23H20F3N3O4/c24-23(25,26)16-3-1-2-15(11-16)20(31)28-22-27-18-10-13(12-30)4-9-19(18)29(22)17-7-5-14(6-8-17)21(32)33/h1-4,9-12,14,17H,5-8H2,(H,32,33)(H,27,28,31)/t14-,17+. The van der Waals surface area contributed by atoms with Crippen molar-refractivity contribution >= 4 is 35.1 Å². The van der Waals surface area contributed by atoms with E-state index in [0.29, 0.717) is 48.6 Å². The molecule has 7 nitrogen and oxygen atoms in total. The fourth-order valence-electron chi connectivity index (χ4n) is 4.24. The summed E-state index contributed by atoms with van der Waals surface area (Å²) in [5, 5.41) is 11.9. The highest BCUT2D eigenvalue weighted by atomic mass is 19.4. The Morgan fingerprint density at radius 3 is 2.45 bits per heavy atom. The number of hydrogen-bond acceptors (Lipinski definition) is 4. The number of imidazole rings is 1. The van der Waals surface area contributed by atoms with Crippen LogP contribution in [-0.2, 0) is 11.0 Å². The summed E-state index contributed by atoms with van der Waals surface area (Å²) in [7, 11) is 0. The Bertz CT molecular complexity index is 1230. The first-order valence-electron chi connectivity index (χ1n) is 10.4. The number of amides is 1. The van der Waals surface area contributed by atoms with Gasteiger partial charge in [0.25, 0.3) is 5.91 Å². The van der Waals surface area contributed by atoms with E-state index in [-0.39, 0.29) is 17.6 Å². The Hall–Kier alpha value is -3.69. The lowest BCUT2D eigenvalue weighted by molar-refractivity contribution is -0.143. The molecule has 1 aliphatic rings. The maximum atomic E-state index is 13.0. The molecule has 2 aromatic carbocycles. The molecule has 0 aliphatic heterocycles. The average Bonchev–Trinajstić information content (AvgIpc) is 3.15. The number of aliphatic carboxylic acids is 1. The third-order valence-corrected chi connectivity index (χ3v) is 5.94. The molecule has 0 atom stereocenters. The maximum Gasteiger partial charge on any atom is 0.416 e. The summed E-state index contributed by atoms with van der Waals surface area (Å²) in [6.07, 6.45) is -1.95. The number of carbonyl (C=O) groups is 3. The van der Waals surface area contributed by atoms with E-state index < -0.39 is 29.5 Å². The quantitative estimate of drug-likeness (QED) is 0.527. The number of carboxylic acid groups (broad SMARTS) is 1. The van der Waals surface area contributed by atoms with Gasteiger partial charge in [-0.3, -0.25) is 19.7 Å². The molecule has 4 rings (SSSR count). The molecule has 3 aromatic rings. The zero-order valence-electron chi connectivity index (χ0n) is 17.3. The van der Waals surface area contributed by atoms with E-state index in [0.717, 1.165) is 18.2 Å². The lowest BCUT2D eigenvalue weighted by Gasteiger charge is -2.28. The number of alkyl halides is 3. The first-order chi connectivity index (χ1) is 15.7. The van der Waals surface area contributed by atoms with Crippen LogP contribution in [-0.4, -0.2) is 32.8 Å². The highest BCUT2D eigenvalue weighted by Gasteiger charge is 2.32. The van der Waals surface area contributed by atoms with Gasteiger partial charge in [-0.25, -0.2) is 4.98 Å². The molecule has 0 bridgehead atoms. The van der Waals surface area contributed by atoms with Gasteiger partial charge in [-0.05, 0) is 62.1 Å². The van der Waals surface area contributed by atoms with Crippen LogP contribution in [0.15, 0.2) is 42.5 Å². The van der Waals surface area contributed by atoms with Crippen molar-refractivity contribution in [3.63, 3.8) is 0 Å². The van der Waals surface area contributed by atoms with Crippen LogP contribution in [0.5, 0.6) is 0 Å². The third-order valence-electron chi connectivity index (χ3n) is 5.94. The number of aldehydes is 1. The molecule has 1 aliphatic carbocycles. The molecule has 1 aromatic heterocycles. The zero-order chi connectivity index (χ0) is 23.8. The van der Waals surface area contributed by atoms with E-state index in [4.69, 9.17) is 0 Å². The molecule has 1 saturated carbocycles. The molecule has 1 fully saturated rings. The Balaban J connectivity index is 1.69. The maximum absolute atomic E-state index is 13.0. The molecule has 1 heterocycles. The van der Waals surface area contributed by atoms with E-state index in [1.54, 1.807) is 22.8 Å². The normalized spacial score (nSPS) is 18.8. The van der Waals surface area contributed by atoms with Crippen molar-refractivity contribution in [2.24, 2.45) is 5.92 Å². The predicted octanol–water partition coefficient (Wildman–Crippen LogP) is 4.94. The summed E-state index contributed by atoms with van der Waals surface area (Å²) in [6.45, 7) is 0. The second kappa shape index (κ2) is 8.68. The molecule has 0 radical (unpaired) electrons. The molecular formula is C23H20F3N3O4. The van der Waals surface area contributed by atoms with Gasteiger partial charge in [0.1, 0.15) is 6.29 Å². The Labute approximate surface area is 186 Å². The minimum Gasteiger partial charge on any atom is -0.481 e. The van der Waals surface area contributed by atoms with Gasteiger partial charge >= 0.3 is 12.1 Å². The SMILES string of the molecule is O=Cc1ccc2c(c1)nc(NC(=O)c1cccc(C(F)(F)F)c1)n2[C@H]1CC[C@@H](C(=O)O)CC1. The fourth-order valence-corrected chi connectivity index (χ4v) is 4.24. The molecular weight excluding hydrogens is 439 g/mol. The van der Waals surface area contributed by atoms with Gasteiger partial charge in [0.2, 0.25) is 5.95 Å². The third kappa shape index (κ3) is 4.59. The van der Waals surface area contributed by atoms with Crippen LogP contribution in [0.3, 0.4) is 0 Å². The number of hydrogen-bond donors (Lipinski definition) is 2. The number of fused-ring (bicyclic) bond motifs is 1. The number of anilines is 1. The summed E-state index contributed by atoms with van der Waals surface area (Å²) in [6, 6.07) is 8.78. The van der Waals surface area contributed by atoms with Gasteiger partial charge in [-0.1, -0.05) is 6.07 Å². The number of carboxylic acids is 1. The highest BCUT2D eigenvalue weighted by molar-refractivity contribution is 6.04. The van der Waals surface area contributed by atoms with Crippen molar-refractivity contribution in [1.29, 1.82) is 0 Å². The van der Waals surface area contributed by atoms with Gasteiger partial charge in [0.05, 0.1) is 22.5 Å². The topological polar surface area (TPSA) is 101 Å². The average molecular weight is 459 g/mol. The van der Waals surface area contributed by atoms with Crippen molar-refractivity contribution in [2.75, 3.05) is 5.32 Å². The lowest BCUT2D eigenvalue weighted by Crippen LogP contribution is -2.25. The first kappa shape index (κ1) is 22.5. The van der Waals surface area contributed by atoms with Crippen LogP contribution < -0.4 is 5.32 Å². The van der Waals surface area contributed by atoms with E-state index in [9.17, 15) is 32.7 Å². The van der Waals surface area contributed by atoms with Crippen molar-refractivity contribution in [2.45, 2.75) is 37.9 Å². The van der Waals surface area contributed by atoms with Gasteiger partial charge in [-0.15, -0.1) is 0 Å². The smallest absolute Gasteiger partial charge is 0.416 e. The summed E-state index contributed by atoms with van der Waals surface area (Å²) in [5.74, 6) is -1.92. The molecule has 1 amide bonds. The lowest BCUT2D eigenvalue weighted by atomic mass is 9.86. The molecule has 33 heavy (non-hydrogen) atoms. The first-order valence-corrected chi connectivity index (χ1v) is 10.4. The molecule has 0 saturated heterocycles. The number of aromatic nitrogens is 2. The zero-order valence-corrected chi connectivity index (χ0v) is 17.3. The Morgan fingerprint density at radius 1 is 1.09 bits per heavy atom. The van der Waals surface area contributed by atoms with Crippen LogP contribution in [0, 0.1) is 5.92 Å². The summed E-state index contributed by atoms with van der Waals surface area (Å²) in [5.41, 5.74) is 0.355. The van der Waals surface area contributed by atoms with Crippen LogP contribution in [0.4, 0.5) is 19.1 Å². The number of rotatable bonds is 5. The van der Waals surface area contributed by atoms with Crippen molar-refractivity contribution in [3.05, 3.63) is 59.2 Å². The predicted molar refractivity (Wildman–Crippen MR) is 113 cm³/mol. The molecule has 172 valence electrons. The van der Waals surface area contributed by atoms with E-state index in [1.165, 1.54) is 6.07 Å². The van der Waals surface area contributed by atoms with E-state index in [1.807, 2.05) is 0 Å². The Kier molecular flexibility index (Phi) is 5.92. The van der Waals surface area contributed by atoms with Gasteiger partial charge in [0.15, 0.2) is 0 Å². The second-order valence-electron chi connectivity index (χ2n) is 8.05. The van der Waals surface area contributed by atoms with Crippen molar-refractivity contribution in [1.82, 2.24) is 9.55 Å². The fraction of sp³-hybridized carbons (Fsp3) is 0.304. The van der Waals surface area contributed by atoms with Crippen molar-refractivity contribution < 1.29 is 32.7 Å². The largest absolute Gasteiger partial charge is 0.481 e. The van der Waals surface area contributed by atoms with Crippen LogP contribution in [0.25, 0.3) is 11.0 Å². The second-order valence-corrected chi connectivity index (χ2v) is 8.05. The van der Waals surface area contributed by atoms with E-state index in [2.05, 4.69) is 10.3 Å². The number of nitrogens with zero attached hydrogens (tertiary/aromatic N) is 2. The summed E-state index contributed by atoms with van der Waals surface area (Å²) in [4.78, 5) is 39.7. The van der Waals surface area contributed by atoms with Crippen LogP contribution >= 0.6 is 0 Å². The molecule has 2 N–H and O–H groups in total. The minimum absolute atomic E-state index is 0.134.